The molecule has 6 heteroatoms. The number of carboxylic acids is 1. The fourth-order valence-corrected chi connectivity index (χ4v) is 4.28. The molecular weight excluding hydrogens is 448 g/mol. The third-order valence-corrected chi connectivity index (χ3v) is 6.04. The van der Waals surface area contributed by atoms with Crippen molar-refractivity contribution in [1.29, 1.82) is 0 Å². The number of aliphatic carboxylic acids is 1. The number of halogens is 2. The quantitative estimate of drug-likeness (QED) is 0.280. The molecule has 178 valence electrons. The highest BCUT2D eigenvalue weighted by atomic mass is 19.2. The van der Waals surface area contributed by atoms with Crippen LogP contribution in [0.15, 0.2) is 66.9 Å². The molecule has 1 aromatic heterocycles. The Hall–Kier alpha value is -4.11. The molecule has 3 aromatic carbocycles. The van der Waals surface area contributed by atoms with E-state index in [4.69, 9.17) is 4.74 Å². The third-order valence-electron chi connectivity index (χ3n) is 6.04. The number of hydrogen-bond acceptors (Lipinski definition) is 2. The minimum absolute atomic E-state index is 0.0881. The van der Waals surface area contributed by atoms with Crippen LogP contribution in [0.3, 0.4) is 0 Å². The molecule has 0 aliphatic rings. The van der Waals surface area contributed by atoms with Crippen molar-refractivity contribution >= 4 is 16.9 Å². The molecule has 0 saturated heterocycles. The maximum Gasteiger partial charge on any atom is 0.304 e. The molecule has 0 saturated carbocycles. The number of nitrogens with one attached hydrogen (secondary N) is 1. The number of carbonyl (C=O) groups is 1. The van der Waals surface area contributed by atoms with E-state index in [2.05, 4.69) is 16.8 Å². The number of carboxylic acid groups (broad SMARTS) is 1. The summed E-state index contributed by atoms with van der Waals surface area (Å²) in [5.41, 5.74) is 4.32. The highest BCUT2D eigenvalue weighted by molar-refractivity contribution is 5.83. The van der Waals surface area contributed by atoms with Gasteiger partial charge in [0.15, 0.2) is 11.6 Å². The minimum atomic E-state index is -0.917. The van der Waals surface area contributed by atoms with E-state index in [1.807, 2.05) is 43.5 Å². The van der Waals surface area contributed by atoms with Gasteiger partial charge in [-0.2, -0.15) is 0 Å². The first kappa shape index (κ1) is 24.0. The second-order valence-electron chi connectivity index (χ2n) is 8.39. The molecule has 0 fully saturated rings. The Bertz CT molecular complexity index is 1410. The Labute approximate surface area is 202 Å². The van der Waals surface area contributed by atoms with Gasteiger partial charge in [-0.15, -0.1) is 5.92 Å². The van der Waals surface area contributed by atoms with Gasteiger partial charge < -0.3 is 14.8 Å². The van der Waals surface area contributed by atoms with E-state index in [0.717, 1.165) is 33.7 Å². The van der Waals surface area contributed by atoms with Crippen molar-refractivity contribution < 1.29 is 23.4 Å². The Morgan fingerprint density at radius 2 is 1.83 bits per heavy atom. The van der Waals surface area contributed by atoms with E-state index in [1.54, 1.807) is 25.1 Å². The van der Waals surface area contributed by atoms with Gasteiger partial charge in [0, 0.05) is 18.1 Å². The number of H-pyrrole nitrogens is 1. The third kappa shape index (κ3) is 5.52. The average molecular weight is 474 g/mol. The van der Waals surface area contributed by atoms with Crippen LogP contribution in [-0.2, 0) is 11.2 Å². The van der Waals surface area contributed by atoms with Crippen molar-refractivity contribution in [2.75, 3.05) is 0 Å². The van der Waals surface area contributed by atoms with E-state index in [0.29, 0.717) is 17.7 Å². The van der Waals surface area contributed by atoms with Crippen molar-refractivity contribution in [2.45, 2.75) is 38.7 Å². The van der Waals surface area contributed by atoms with Gasteiger partial charge in [-0.25, -0.2) is 8.78 Å². The fourth-order valence-electron chi connectivity index (χ4n) is 4.28. The standard InChI is InChI=1S/C29H25F2NO3/c1-3-4-22(17-28(33)34)20-6-9-23(10-7-20)35-27(16-19-5-12-25(30)26(31)15-19)24-11-8-21-13-14-32-29(21)18(24)2/h5-15,22,27,32H,16-17H2,1-2H3,(H,33,34). The van der Waals surface area contributed by atoms with Gasteiger partial charge >= 0.3 is 5.97 Å². The summed E-state index contributed by atoms with van der Waals surface area (Å²) < 4.78 is 33.8. The zero-order valence-corrected chi connectivity index (χ0v) is 19.4. The lowest BCUT2D eigenvalue weighted by atomic mass is 9.95. The van der Waals surface area contributed by atoms with Gasteiger partial charge in [0.2, 0.25) is 0 Å². The lowest BCUT2D eigenvalue weighted by Gasteiger charge is -2.22. The molecule has 2 atom stereocenters. The van der Waals surface area contributed by atoms with Gasteiger partial charge in [0.05, 0.1) is 12.3 Å². The van der Waals surface area contributed by atoms with Gasteiger partial charge in [0.25, 0.3) is 0 Å². The second-order valence-corrected chi connectivity index (χ2v) is 8.39. The Morgan fingerprint density at radius 1 is 1.06 bits per heavy atom. The highest BCUT2D eigenvalue weighted by Crippen LogP contribution is 2.32. The Morgan fingerprint density at radius 3 is 2.51 bits per heavy atom. The second kappa shape index (κ2) is 10.4. The first-order valence-corrected chi connectivity index (χ1v) is 11.3. The summed E-state index contributed by atoms with van der Waals surface area (Å²) in [7, 11) is 0. The lowest BCUT2D eigenvalue weighted by Crippen LogP contribution is -2.13. The monoisotopic (exact) mass is 473 g/mol. The topological polar surface area (TPSA) is 62.3 Å². The van der Waals surface area contributed by atoms with E-state index in [1.165, 1.54) is 6.07 Å². The zero-order valence-electron chi connectivity index (χ0n) is 19.4. The molecule has 0 bridgehead atoms. The molecular formula is C29H25F2NO3. The number of aromatic nitrogens is 1. The number of aryl methyl sites for hydroxylation is 1. The number of aromatic amines is 1. The summed E-state index contributed by atoms with van der Waals surface area (Å²) >= 11 is 0. The van der Waals surface area contributed by atoms with E-state index >= 15 is 0 Å². The van der Waals surface area contributed by atoms with Crippen LogP contribution in [0.5, 0.6) is 5.75 Å². The molecule has 0 spiro atoms. The van der Waals surface area contributed by atoms with Crippen molar-refractivity contribution in [3.8, 4) is 17.6 Å². The first-order chi connectivity index (χ1) is 16.9. The molecule has 4 rings (SSSR count). The van der Waals surface area contributed by atoms with Crippen molar-refractivity contribution in [2.24, 2.45) is 0 Å². The zero-order chi connectivity index (χ0) is 24.9. The van der Waals surface area contributed by atoms with Crippen LogP contribution in [-0.4, -0.2) is 16.1 Å². The van der Waals surface area contributed by atoms with Crippen LogP contribution in [0.4, 0.5) is 8.78 Å². The van der Waals surface area contributed by atoms with Crippen LogP contribution in [0.1, 0.15) is 47.6 Å². The molecule has 35 heavy (non-hydrogen) atoms. The van der Waals surface area contributed by atoms with Crippen LogP contribution < -0.4 is 4.74 Å². The largest absolute Gasteiger partial charge is 0.485 e. The van der Waals surface area contributed by atoms with Gasteiger partial charge in [-0.05, 0) is 71.8 Å². The van der Waals surface area contributed by atoms with Crippen molar-refractivity contribution in [3.63, 3.8) is 0 Å². The number of benzene rings is 3. The molecule has 2 unspecified atom stereocenters. The Balaban J connectivity index is 1.66. The van der Waals surface area contributed by atoms with E-state index in [-0.39, 0.29) is 6.42 Å². The van der Waals surface area contributed by atoms with Gasteiger partial charge in [-0.3, -0.25) is 4.79 Å². The average Bonchev–Trinajstić information content (AvgIpc) is 3.31. The summed E-state index contributed by atoms with van der Waals surface area (Å²) in [5.74, 6) is 3.18. The van der Waals surface area contributed by atoms with E-state index in [9.17, 15) is 18.7 Å². The molecule has 4 aromatic rings. The van der Waals surface area contributed by atoms with Crippen LogP contribution in [0.25, 0.3) is 10.9 Å². The summed E-state index contributed by atoms with van der Waals surface area (Å²) in [6.45, 7) is 3.68. The molecule has 0 aliphatic heterocycles. The van der Waals surface area contributed by atoms with Crippen molar-refractivity contribution in [1.82, 2.24) is 4.98 Å². The molecule has 0 aliphatic carbocycles. The Kier molecular flexibility index (Phi) is 7.17. The van der Waals surface area contributed by atoms with E-state index < -0.39 is 29.6 Å². The van der Waals surface area contributed by atoms with Gasteiger partial charge in [0.1, 0.15) is 11.9 Å². The lowest BCUT2D eigenvalue weighted by molar-refractivity contribution is -0.137. The highest BCUT2D eigenvalue weighted by Gasteiger charge is 2.20. The first-order valence-electron chi connectivity index (χ1n) is 11.3. The number of rotatable bonds is 8. The number of hydrogen-bond donors (Lipinski definition) is 2. The summed E-state index contributed by atoms with van der Waals surface area (Å²) in [5, 5.41) is 10.3. The fraction of sp³-hybridized carbons (Fsp3) is 0.207. The summed E-state index contributed by atoms with van der Waals surface area (Å²) in [6, 6.07) is 17.0. The summed E-state index contributed by atoms with van der Waals surface area (Å²) in [6.07, 6.45) is 1.64. The van der Waals surface area contributed by atoms with Crippen molar-refractivity contribution in [3.05, 3.63) is 101 Å². The number of ether oxygens (including phenoxy) is 1. The normalized spacial score (nSPS) is 12.6. The molecule has 0 radical (unpaired) electrons. The minimum Gasteiger partial charge on any atom is -0.485 e. The maximum absolute atomic E-state index is 13.9. The molecule has 2 N–H and O–H groups in total. The van der Waals surface area contributed by atoms with Crippen LogP contribution >= 0.6 is 0 Å². The smallest absolute Gasteiger partial charge is 0.304 e. The summed E-state index contributed by atoms with van der Waals surface area (Å²) in [4.78, 5) is 14.5. The SMILES string of the molecule is CC#CC(CC(=O)O)c1ccc(OC(Cc2ccc(F)c(F)c2)c2ccc3cc[nH]c3c2C)cc1. The van der Waals surface area contributed by atoms with Crippen LogP contribution in [0.2, 0.25) is 0 Å². The number of fused-ring (bicyclic) bond motifs is 1. The molecule has 4 nitrogen and oxygen atoms in total. The molecule has 1 heterocycles. The maximum atomic E-state index is 13.9. The predicted molar refractivity (Wildman–Crippen MR) is 131 cm³/mol. The predicted octanol–water partition coefficient (Wildman–Crippen LogP) is 6.70. The van der Waals surface area contributed by atoms with Gasteiger partial charge in [-0.1, -0.05) is 36.3 Å². The van der Waals surface area contributed by atoms with Crippen LogP contribution in [0, 0.1) is 30.4 Å². The molecule has 0 amide bonds.